The van der Waals surface area contributed by atoms with E-state index in [2.05, 4.69) is 0 Å². The first-order valence-corrected chi connectivity index (χ1v) is 4.54. The Morgan fingerprint density at radius 2 is 2.25 bits per heavy atom. The molecule has 0 heterocycles. The summed E-state index contributed by atoms with van der Waals surface area (Å²) in [5, 5.41) is 1.30. The zero-order chi connectivity index (χ0) is 8.97. The molecule has 1 aliphatic carbocycles. The molecule has 1 rings (SSSR count). The van der Waals surface area contributed by atoms with E-state index in [4.69, 9.17) is 4.84 Å². The number of amides is 1. The molecule has 1 amide bonds. The van der Waals surface area contributed by atoms with Crippen molar-refractivity contribution < 1.29 is 9.63 Å². The largest absolute Gasteiger partial charge is 0.275 e. The Kier molecular flexibility index (Phi) is 3.53. The SMILES string of the molecule is CON(C)C(=O)CCC1CCC1. The molecule has 12 heavy (non-hydrogen) atoms. The molecule has 0 aliphatic heterocycles. The van der Waals surface area contributed by atoms with E-state index in [1.807, 2.05) is 0 Å². The predicted octanol–water partition coefficient (Wildman–Crippen LogP) is 1.59. The smallest absolute Gasteiger partial charge is 0.245 e. The third-order valence-corrected chi connectivity index (χ3v) is 2.62. The van der Waals surface area contributed by atoms with E-state index in [1.165, 1.54) is 31.4 Å². The number of hydrogen-bond donors (Lipinski definition) is 0. The minimum atomic E-state index is 0.0874. The molecule has 0 bridgehead atoms. The Balaban J connectivity index is 2.08. The molecule has 0 aromatic rings. The average Bonchev–Trinajstić information content (AvgIpc) is 2.00. The lowest BCUT2D eigenvalue weighted by atomic mass is 9.82. The molecular weight excluding hydrogens is 154 g/mol. The van der Waals surface area contributed by atoms with Gasteiger partial charge in [-0.3, -0.25) is 9.63 Å². The Labute approximate surface area is 73.6 Å². The summed E-state index contributed by atoms with van der Waals surface area (Å²) in [5.74, 6) is 0.892. The van der Waals surface area contributed by atoms with Gasteiger partial charge in [-0.05, 0) is 12.3 Å². The summed E-state index contributed by atoms with van der Waals surface area (Å²) in [4.78, 5) is 16.0. The van der Waals surface area contributed by atoms with Crippen LogP contribution in [0, 0.1) is 5.92 Å². The van der Waals surface area contributed by atoms with Gasteiger partial charge in [-0.25, -0.2) is 5.06 Å². The van der Waals surface area contributed by atoms with Crippen molar-refractivity contribution in [1.29, 1.82) is 0 Å². The monoisotopic (exact) mass is 171 g/mol. The van der Waals surface area contributed by atoms with Gasteiger partial charge in [0.2, 0.25) is 5.91 Å². The highest BCUT2D eigenvalue weighted by Crippen LogP contribution is 2.30. The van der Waals surface area contributed by atoms with Crippen LogP contribution in [0.3, 0.4) is 0 Å². The molecule has 0 atom stereocenters. The Hall–Kier alpha value is -0.570. The number of rotatable bonds is 4. The lowest BCUT2D eigenvalue weighted by Crippen LogP contribution is -2.26. The highest BCUT2D eigenvalue weighted by atomic mass is 16.7. The Morgan fingerprint density at radius 1 is 1.58 bits per heavy atom. The summed E-state index contributed by atoms with van der Waals surface area (Å²) in [7, 11) is 3.17. The van der Waals surface area contributed by atoms with Crippen LogP contribution < -0.4 is 0 Å². The lowest BCUT2D eigenvalue weighted by molar-refractivity contribution is -0.169. The molecule has 0 N–H and O–H groups in total. The normalized spacial score (nSPS) is 17.2. The summed E-state index contributed by atoms with van der Waals surface area (Å²) in [6, 6.07) is 0. The number of nitrogens with zero attached hydrogens (tertiary/aromatic N) is 1. The van der Waals surface area contributed by atoms with E-state index in [0.717, 1.165) is 12.3 Å². The zero-order valence-corrected chi connectivity index (χ0v) is 7.88. The maximum atomic E-state index is 11.2. The molecule has 3 nitrogen and oxygen atoms in total. The summed E-state index contributed by atoms with van der Waals surface area (Å²) in [5.41, 5.74) is 0. The van der Waals surface area contributed by atoms with Crippen LogP contribution in [0.5, 0.6) is 0 Å². The fraction of sp³-hybridized carbons (Fsp3) is 0.889. The number of carbonyl (C=O) groups excluding carboxylic acids is 1. The van der Waals surface area contributed by atoms with Gasteiger partial charge in [0.05, 0.1) is 7.11 Å². The fourth-order valence-corrected chi connectivity index (χ4v) is 1.37. The van der Waals surface area contributed by atoms with Crippen LogP contribution in [-0.4, -0.2) is 25.1 Å². The molecule has 1 saturated carbocycles. The second kappa shape index (κ2) is 4.45. The van der Waals surface area contributed by atoms with Crippen LogP contribution in [0.15, 0.2) is 0 Å². The molecule has 1 aliphatic rings. The van der Waals surface area contributed by atoms with Gasteiger partial charge in [0, 0.05) is 13.5 Å². The number of hydroxylamine groups is 2. The summed E-state index contributed by atoms with van der Waals surface area (Å²) in [6.07, 6.45) is 5.63. The highest BCUT2D eigenvalue weighted by molar-refractivity contribution is 5.74. The van der Waals surface area contributed by atoms with Gasteiger partial charge in [0.1, 0.15) is 0 Å². The molecule has 0 radical (unpaired) electrons. The third kappa shape index (κ3) is 2.48. The highest BCUT2D eigenvalue weighted by Gasteiger charge is 2.19. The van der Waals surface area contributed by atoms with Gasteiger partial charge in [0.15, 0.2) is 0 Å². The van der Waals surface area contributed by atoms with Crippen LogP contribution in [0.2, 0.25) is 0 Å². The van der Waals surface area contributed by atoms with Gasteiger partial charge in [0.25, 0.3) is 0 Å². The average molecular weight is 171 g/mol. The van der Waals surface area contributed by atoms with Crippen LogP contribution >= 0.6 is 0 Å². The molecule has 0 saturated heterocycles. The van der Waals surface area contributed by atoms with Crippen molar-refractivity contribution in [3.63, 3.8) is 0 Å². The van der Waals surface area contributed by atoms with Gasteiger partial charge in [-0.1, -0.05) is 19.3 Å². The van der Waals surface area contributed by atoms with Crippen molar-refractivity contribution in [2.45, 2.75) is 32.1 Å². The molecular formula is C9H17NO2. The van der Waals surface area contributed by atoms with E-state index >= 15 is 0 Å². The second-order valence-electron chi connectivity index (χ2n) is 3.41. The quantitative estimate of drug-likeness (QED) is 0.601. The summed E-state index contributed by atoms with van der Waals surface area (Å²) >= 11 is 0. The van der Waals surface area contributed by atoms with Crippen molar-refractivity contribution in [1.82, 2.24) is 5.06 Å². The first-order valence-electron chi connectivity index (χ1n) is 4.54. The van der Waals surface area contributed by atoms with E-state index in [0.29, 0.717) is 6.42 Å². The molecule has 0 spiro atoms. The van der Waals surface area contributed by atoms with E-state index in [1.54, 1.807) is 7.05 Å². The van der Waals surface area contributed by atoms with Gasteiger partial charge >= 0.3 is 0 Å². The van der Waals surface area contributed by atoms with Gasteiger partial charge in [-0.2, -0.15) is 0 Å². The standard InChI is InChI=1S/C9H17NO2/c1-10(12-2)9(11)7-6-8-4-3-5-8/h8H,3-7H2,1-2H3. The van der Waals surface area contributed by atoms with Crippen LogP contribution in [-0.2, 0) is 9.63 Å². The first kappa shape index (κ1) is 9.52. The minimum Gasteiger partial charge on any atom is -0.275 e. The maximum Gasteiger partial charge on any atom is 0.245 e. The molecule has 0 unspecified atom stereocenters. The van der Waals surface area contributed by atoms with Crippen LogP contribution in [0.25, 0.3) is 0 Å². The van der Waals surface area contributed by atoms with Gasteiger partial charge < -0.3 is 0 Å². The first-order chi connectivity index (χ1) is 5.74. The minimum absolute atomic E-state index is 0.0874. The van der Waals surface area contributed by atoms with E-state index < -0.39 is 0 Å². The third-order valence-electron chi connectivity index (χ3n) is 2.62. The molecule has 0 aromatic heterocycles. The van der Waals surface area contributed by atoms with Crippen LogP contribution in [0.4, 0.5) is 0 Å². The van der Waals surface area contributed by atoms with Crippen molar-refractivity contribution in [2.24, 2.45) is 5.92 Å². The zero-order valence-electron chi connectivity index (χ0n) is 7.88. The molecule has 0 aromatic carbocycles. The molecule has 1 fully saturated rings. The van der Waals surface area contributed by atoms with Crippen molar-refractivity contribution in [3.8, 4) is 0 Å². The molecule has 70 valence electrons. The topological polar surface area (TPSA) is 29.5 Å². The Morgan fingerprint density at radius 3 is 2.67 bits per heavy atom. The maximum absolute atomic E-state index is 11.2. The van der Waals surface area contributed by atoms with Crippen molar-refractivity contribution >= 4 is 5.91 Å². The van der Waals surface area contributed by atoms with E-state index in [9.17, 15) is 4.79 Å². The van der Waals surface area contributed by atoms with Crippen molar-refractivity contribution in [2.75, 3.05) is 14.2 Å². The predicted molar refractivity (Wildman–Crippen MR) is 46.4 cm³/mol. The molecule has 3 heteroatoms. The number of carbonyl (C=O) groups is 1. The second-order valence-corrected chi connectivity index (χ2v) is 3.41. The van der Waals surface area contributed by atoms with Crippen LogP contribution in [0.1, 0.15) is 32.1 Å². The lowest BCUT2D eigenvalue weighted by Gasteiger charge is -2.25. The summed E-state index contributed by atoms with van der Waals surface area (Å²) < 4.78 is 0. The Bertz CT molecular complexity index is 155. The van der Waals surface area contributed by atoms with Gasteiger partial charge in [-0.15, -0.1) is 0 Å². The summed E-state index contributed by atoms with van der Waals surface area (Å²) in [6.45, 7) is 0. The van der Waals surface area contributed by atoms with E-state index in [-0.39, 0.29) is 5.91 Å². The number of hydrogen-bond acceptors (Lipinski definition) is 2. The van der Waals surface area contributed by atoms with Crippen molar-refractivity contribution in [3.05, 3.63) is 0 Å². The fourth-order valence-electron chi connectivity index (χ4n) is 1.37.